The van der Waals surface area contributed by atoms with E-state index >= 15 is 0 Å². The van der Waals surface area contributed by atoms with Crippen molar-refractivity contribution in [2.24, 2.45) is 0 Å². The standard InChI is InChI=1S/2C7H6S3.3C7H6S2.Re/c2*8-7(10-9)6-4-2-1-3-5-6;3*8-7(9)6-4-2-1-3-5-6;/h2*1-5,9H;3*1-5H,(H,8,9);/p-3. The minimum atomic E-state index is 0. The van der Waals surface area contributed by atoms with Crippen molar-refractivity contribution in [3.05, 3.63) is 179 Å². The second-order valence-corrected chi connectivity index (χ2v) is 15.3. The van der Waals surface area contributed by atoms with Crippen molar-refractivity contribution in [3.63, 3.8) is 0 Å². The summed E-state index contributed by atoms with van der Waals surface area (Å²) in [5.41, 5.74) is 5.02. The second-order valence-electron chi connectivity index (χ2n) is 8.45. The quantitative estimate of drug-likeness (QED) is 0.0753. The van der Waals surface area contributed by atoms with Crippen LogP contribution in [0.25, 0.3) is 0 Å². The zero-order valence-electron chi connectivity index (χ0n) is 24.8. The first-order valence-corrected chi connectivity index (χ1v) is 20.2. The van der Waals surface area contributed by atoms with Gasteiger partial charge in [-0.3, -0.25) is 0 Å². The van der Waals surface area contributed by atoms with Crippen molar-refractivity contribution >= 4 is 165 Å². The molecule has 0 saturated carbocycles. The predicted molar refractivity (Wildman–Crippen MR) is 246 cm³/mol. The molecule has 0 unspecified atom stereocenters. The number of rotatable bonds is 5. The molecule has 5 aromatic carbocycles. The molecule has 0 aromatic heterocycles. The van der Waals surface area contributed by atoms with Crippen LogP contribution in [0, 0.1) is 0 Å². The van der Waals surface area contributed by atoms with E-state index in [1.807, 2.05) is 152 Å². The number of benzene rings is 5. The molecular weight excluding hydrogens is 991 g/mol. The Balaban J connectivity index is 0.000000573. The van der Waals surface area contributed by atoms with Gasteiger partial charge in [-0.2, -0.15) is 0 Å². The van der Waals surface area contributed by atoms with Crippen LogP contribution in [0.3, 0.4) is 0 Å². The molecule has 0 nitrogen and oxygen atoms in total. The molecule has 0 N–H and O–H groups in total. The molecule has 0 atom stereocenters. The monoisotopic (exact) mass is 1020 g/mol. The van der Waals surface area contributed by atoms with Gasteiger partial charge in [-0.25, -0.2) is 0 Å². The zero-order chi connectivity index (χ0) is 34.9. The average molecular weight is 1020 g/mol. The SMILES string of the molecule is S=C(SS)c1ccccc1.S=C(SS)c1ccccc1.S=C([S-])c1ccccc1.S=C([S-])c1ccccc1.S=C([S-])c1ccccc1.[Re]. The molecule has 0 spiro atoms. The van der Waals surface area contributed by atoms with Crippen molar-refractivity contribution in [2.75, 3.05) is 0 Å². The maximum absolute atomic E-state index is 5.01. The Morgan fingerprint density at radius 1 is 0.354 bits per heavy atom. The fourth-order valence-electron chi connectivity index (χ4n) is 2.98. The number of hydrogen-bond acceptors (Lipinski definition) is 12. The van der Waals surface area contributed by atoms with Gasteiger partial charge in [0, 0.05) is 20.4 Å². The van der Waals surface area contributed by atoms with E-state index in [0.717, 1.165) is 36.2 Å². The molecule has 0 amide bonds. The molecule has 1 radical (unpaired) electrons. The van der Waals surface area contributed by atoms with Crippen LogP contribution in [0.1, 0.15) is 27.8 Å². The number of hydrogen-bond donors (Lipinski definition) is 2. The molecule has 0 aliphatic heterocycles. The van der Waals surface area contributed by atoms with Gasteiger partial charge in [0.2, 0.25) is 0 Å². The molecule has 5 aromatic rings. The maximum atomic E-state index is 5.01. The van der Waals surface area contributed by atoms with Gasteiger partial charge < -0.3 is 74.5 Å². The first-order chi connectivity index (χ1) is 22.6. The predicted octanol–water partition coefficient (Wildman–Crippen LogP) is 11.6. The second kappa shape index (κ2) is 30.0. The molecule has 0 saturated heterocycles. The Kier molecular flexibility index (Phi) is 29.5. The number of thiocarbonyl (C=S) groups is 5. The Morgan fingerprint density at radius 3 is 0.646 bits per heavy atom. The van der Waals surface area contributed by atoms with Gasteiger partial charge in [0.25, 0.3) is 0 Å². The minimum absolute atomic E-state index is 0. The van der Waals surface area contributed by atoms with E-state index in [0.29, 0.717) is 12.6 Å². The Bertz CT molecular complexity index is 1470. The first kappa shape index (κ1) is 47.3. The van der Waals surface area contributed by atoms with E-state index in [2.05, 4.69) is 23.3 Å². The molecule has 13 heteroatoms. The van der Waals surface area contributed by atoms with E-state index in [-0.39, 0.29) is 20.4 Å². The summed E-state index contributed by atoms with van der Waals surface area (Å²) in [7, 11) is 2.61. The molecule has 48 heavy (non-hydrogen) atoms. The maximum Gasteiger partial charge on any atom is 0.0882 e. The average Bonchev–Trinajstić information content (AvgIpc) is 3.13. The van der Waals surface area contributed by atoms with Crippen molar-refractivity contribution in [2.45, 2.75) is 0 Å². The Labute approximate surface area is 360 Å². The zero-order valence-corrected chi connectivity index (χ0v) is 37.5. The van der Waals surface area contributed by atoms with Crippen molar-refractivity contribution < 1.29 is 20.4 Å². The Morgan fingerprint density at radius 2 is 0.521 bits per heavy atom. The van der Waals surface area contributed by atoms with Crippen LogP contribution in [0.15, 0.2) is 152 Å². The summed E-state index contributed by atoms with van der Waals surface area (Å²) in [4.78, 5) is 0. The van der Waals surface area contributed by atoms with Gasteiger partial charge in [0.15, 0.2) is 0 Å². The van der Waals surface area contributed by atoms with Crippen LogP contribution in [-0.2, 0) is 58.3 Å². The van der Waals surface area contributed by atoms with E-state index in [4.69, 9.17) is 99.0 Å². The van der Waals surface area contributed by atoms with Crippen LogP contribution in [-0.4, -0.2) is 21.0 Å². The molecule has 0 aliphatic rings. The summed E-state index contributed by atoms with van der Waals surface area (Å²) in [6.45, 7) is 0. The van der Waals surface area contributed by atoms with E-state index < -0.39 is 0 Å². The Hall–Kier alpha value is -0.728. The summed E-state index contributed by atoms with van der Waals surface area (Å²) in [6, 6.07) is 48.5. The number of thiol groups is 2. The molecular formula is C35H27ReS12-3. The van der Waals surface area contributed by atoms with E-state index in [1.54, 1.807) is 0 Å². The summed E-state index contributed by atoms with van der Waals surface area (Å²) in [5.74, 6) is 0. The molecule has 0 fully saturated rings. The van der Waals surface area contributed by atoms with E-state index in [9.17, 15) is 0 Å². The van der Waals surface area contributed by atoms with Crippen LogP contribution in [0.4, 0.5) is 0 Å². The fourth-order valence-corrected chi connectivity index (χ4v) is 5.18. The van der Waals surface area contributed by atoms with Gasteiger partial charge in [-0.05, 0) is 49.4 Å². The van der Waals surface area contributed by atoms with Crippen LogP contribution >= 0.6 is 106 Å². The summed E-state index contributed by atoms with van der Waals surface area (Å²) < 4.78 is 3.26. The summed E-state index contributed by atoms with van der Waals surface area (Å²) in [6.07, 6.45) is 0. The molecule has 0 heterocycles. The molecule has 249 valence electrons. The van der Waals surface area contributed by atoms with Gasteiger partial charge in [-0.1, -0.05) is 176 Å². The molecule has 0 aliphatic carbocycles. The molecule has 5 rings (SSSR count). The summed E-state index contributed by atoms with van der Waals surface area (Å²) >= 11 is 46.7. The fraction of sp³-hybridized carbons (Fsp3) is 0. The first-order valence-electron chi connectivity index (χ1n) is 13.2. The van der Waals surface area contributed by atoms with Gasteiger partial charge >= 0.3 is 0 Å². The molecule has 0 bridgehead atoms. The largest absolute Gasteiger partial charge is 0.428 e. The normalized spacial score (nSPS) is 8.88. The van der Waals surface area contributed by atoms with Crippen LogP contribution in [0.5, 0.6) is 0 Å². The van der Waals surface area contributed by atoms with Gasteiger partial charge in [-0.15, -0.1) is 35.9 Å². The van der Waals surface area contributed by atoms with Gasteiger partial charge in [0.05, 0.1) is 8.39 Å². The smallest absolute Gasteiger partial charge is 0.0882 e. The van der Waals surface area contributed by atoms with E-state index in [1.165, 1.54) is 21.6 Å². The van der Waals surface area contributed by atoms with Crippen molar-refractivity contribution in [1.29, 1.82) is 0 Å². The van der Waals surface area contributed by atoms with Crippen LogP contribution < -0.4 is 0 Å². The topological polar surface area (TPSA) is 0 Å². The van der Waals surface area contributed by atoms with Crippen LogP contribution in [0.2, 0.25) is 0 Å². The third kappa shape index (κ3) is 22.2. The third-order valence-electron chi connectivity index (χ3n) is 5.21. The van der Waals surface area contributed by atoms with Crippen molar-refractivity contribution in [3.8, 4) is 0 Å². The van der Waals surface area contributed by atoms with Gasteiger partial charge in [0.1, 0.15) is 0 Å². The van der Waals surface area contributed by atoms with Crippen molar-refractivity contribution in [1.82, 2.24) is 0 Å². The summed E-state index contributed by atoms with van der Waals surface area (Å²) in [5, 5.41) is 0. The third-order valence-corrected chi connectivity index (χ3v) is 10.2. The minimum Gasteiger partial charge on any atom is -0.428 e.